The fourth-order valence-electron chi connectivity index (χ4n) is 3.32. The number of aromatic nitrogens is 2. The summed E-state index contributed by atoms with van der Waals surface area (Å²) in [4.78, 5) is 20.2. The number of amides is 1. The van der Waals surface area contributed by atoms with Crippen LogP contribution in [-0.2, 0) is 24.1 Å². The van der Waals surface area contributed by atoms with Crippen LogP contribution in [0.1, 0.15) is 17.0 Å². The molecule has 116 valence electrons. The van der Waals surface area contributed by atoms with Gasteiger partial charge in [-0.05, 0) is 36.1 Å². The van der Waals surface area contributed by atoms with E-state index in [1.807, 2.05) is 36.4 Å². The van der Waals surface area contributed by atoms with Gasteiger partial charge >= 0.3 is 0 Å². The lowest BCUT2D eigenvalue weighted by Gasteiger charge is -2.09. The van der Waals surface area contributed by atoms with Crippen molar-refractivity contribution in [3.05, 3.63) is 65.5 Å². The first kappa shape index (κ1) is 14.0. The van der Waals surface area contributed by atoms with Gasteiger partial charge in [0.1, 0.15) is 5.82 Å². The van der Waals surface area contributed by atoms with E-state index in [0.29, 0.717) is 6.54 Å². The summed E-state index contributed by atoms with van der Waals surface area (Å²) in [5.41, 5.74) is 4.63. The van der Waals surface area contributed by atoms with Crippen LogP contribution in [0.4, 0.5) is 0 Å². The lowest BCUT2D eigenvalue weighted by molar-refractivity contribution is -0.124. The zero-order valence-electron chi connectivity index (χ0n) is 12.9. The third-order valence-electron chi connectivity index (χ3n) is 4.52. The third kappa shape index (κ3) is 2.84. The molecule has 1 aliphatic rings. The van der Waals surface area contributed by atoms with Gasteiger partial charge in [-0.15, -0.1) is 0 Å². The molecule has 0 unspecified atom stereocenters. The SMILES string of the molecule is O=C(NCCc1nc2ccccc2[nH]1)C1Cc2ccccc2C1. The molecule has 0 aliphatic heterocycles. The van der Waals surface area contributed by atoms with Crippen molar-refractivity contribution in [1.82, 2.24) is 15.3 Å². The molecule has 0 spiro atoms. The van der Waals surface area contributed by atoms with E-state index in [2.05, 4.69) is 27.4 Å². The molecule has 4 nitrogen and oxygen atoms in total. The number of carbonyl (C=O) groups excluding carboxylic acids is 1. The minimum absolute atomic E-state index is 0.0723. The quantitative estimate of drug-likeness (QED) is 0.778. The first-order chi connectivity index (χ1) is 11.3. The van der Waals surface area contributed by atoms with Crippen LogP contribution >= 0.6 is 0 Å². The minimum Gasteiger partial charge on any atom is -0.355 e. The Balaban J connectivity index is 1.32. The van der Waals surface area contributed by atoms with E-state index in [1.54, 1.807) is 0 Å². The Morgan fingerprint density at radius 2 is 1.78 bits per heavy atom. The predicted molar refractivity (Wildman–Crippen MR) is 90.1 cm³/mol. The normalized spacial score (nSPS) is 14.1. The van der Waals surface area contributed by atoms with E-state index in [1.165, 1.54) is 11.1 Å². The van der Waals surface area contributed by atoms with Crippen molar-refractivity contribution in [3.8, 4) is 0 Å². The Morgan fingerprint density at radius 3 is 2.52 bits per heavy atom. The molecular formula is C19H19N3O. The maximum atomic E-state index is 12.3. The number of para-hydroxylation sites is 2. The van der Waals surface area contributed by atoms with Crippen molar-refractivity contribution in [2.75, 3.05) is 6.54 Å². The highest BCUT2D eigenvalue weighted by molar-refractivity contribution is 5.80. The Hall–Kier alpha value is -2.62. The van der Waals surface area contributed by atoms with Gasteiger partial charge in [-0.3, -0.25) is 4.79 Å². The fourth-order valence-corrected chi connectivity index (χ4v) is 3.32. The smallest absolute Gasteiger partial charge is 0.223 e. The predicted octanol–water partition coefficient (Wildman–Crippen LogP) is 2.64. The van der Waals surface area contributed by atoms with Crippen LogP contribution in [0, 0.1) is 5.92 Å². The molecule has 0 saturated heterocycles. The summed E-state index contributed by atoms with van der Waals surface area (Å²) in [6.45, 7) is 0.617. The molecule has 1 amide bonds. The zero-order chi connectivity index (χ0) is 15.6. The van der Waals surface area contributed by atoms with Crippen LogP contribution in [0.2, 0.25) is 0 Å². The van der Waals surface area contributed by atoms with Gasteiger partial charge in [0, 0.05) is 18.9 Å². The van der Waals surface area contributed by atoms with Gasteiger partial charge in [-0.1, -0.05) is 36.4 Å². The molecule has 4 heteroatoms. The molecule has 1 aromatic heterocycles. The van der Waals surface area contributed by atoms with Crippen LogP contribution in [-0.4, -0.2) is 22.4 Å². The largest absolute Gasteiger partial charge is 0.355 e. The number of imidazole rings is 1. The summed E-state index contributed by atoms with van der Waals surface area (Å²) < 4.78 is 0. The number of nitrogens with one attached hydrogen (secondary N) is 2. The van der Waals surface area contributed by atoms with Crippen molar-refractivity contribution in [3.63, 3.8) is 0 Å². The van der Waals surface area contributed by atoms with E-state index in [4.69, 9.17) is 0 Å². The number of aromatic amines is 1. The summed E-state index contributed by atoms with van der Waals surface area (Å²) in [6.07, 6.45) is 2.43. The van der Waals surface area contributed by atoms with Crippen LogP contribution in [0.5, 0.6) is 0 Å². The summed E-state index contributed by atoms with van der Waals surface area (Å²) in [7, 11) is 0. The highest BCUT2D eigenvalue weighted by Gasteiger charge is 2.26. The molecule has 3 aromatic rings. The molecule has 23 heavy (non-hydrogen) atoms. The van der Waals surface area contributed by atoms with Crippen molar-refractivity contribution < 1.29 is 4.79 Å². The Kier molecular flexibility index (Phi) is 3.58. The number of rotatable bonds is 4. The number of fused-ring (bicyclic) bond motifs is 2. The standard InChI is InChI=1S/C19H19N3O/c23-19(15-11-13-5-1-2-6-14(13)12-15)20-10-9-18-21-16-7-3-4-8-17(16)22-18/h1-8,15H,9-12H2,(H,20,23)(H,21,22). The van der Waals surface area contributed by atoms with Crippen molar-refractivity contribution in [2.24, 2.45) is 5.92 Å². The number of benzene rings is 2. The second-order valence-corrected chi connectivity index (χ2v) is 6.12. The third-order valence-corrected chi connectivity index (χ3v) is 4.52. The van der Waals surface area contributed by atoms with E-state index in [0.717, 1.165) is 36.1 Å². The number of nitrogens with zero attached hydrogens (tertiary/aromatic N) is 1. The Bertz CT molecular complexity index is 794. The van der Waals surface area contributed by atoms with Gasteiger partial charge in [0.15, 0.2) is 0 Å². The van der Waals surface area contributed by atoms with Gasteiger partial charge in [-0.2, -0.15) is 0 Å². The average molecular weight is 305 g/mol. The fraction of sp³-hybridized carbons (Fsp3) is 0.263. The molecule has 0 bridgehead atoms. The highest BCUT2D eigenvalue weighted by atomic mass is 16.1. The highest BCUT2D eigenvalue weighted by Crippen LogP contribution is 2.26. The van der Waals surface area contributed by atoms with Crippen molar-refractivity contribution in [2.45, 2.75) is 19.3 Å². The van der Waals surface area contributed by atoms with E-state index in [-0.39, 0.29) is 11.8 Å². The van der Waals surface area contributed by atoms with Gasteiger partial charge in [0.2, 0.25) is 5.91 Å². The van der Waals surface area contributed by atoms with Gasteiger partial charge < -0.3 is 10.3 Å². The molecule has 1 heterocycles. The number of hydrogen-bond acceptors (Lipinski definition) is 2. The van der Waals surface area contributed by atoms with E-state index >= 15 is 0 Å². The summed E-state index contributed by atoms with van der Waals surface area (Å²) >= 11 is 0. The average Bonchev–Trinajstić information content (AvgIpc) is 3.18. The Morgan fingerprint density at radius 1 is 1.09 bits per heavy atom. The Labute approximate surface area is 134 Å². The molecule has 0 atom stereocenters. The molecular weight excluding hydrogens is 286 g/mol. The lowest BCUT2D eigenvalue weighted by atomic mass is 10.1. The van der Waals surface area contributed by atoms with Gasteiger partial charge in [0.25, 0.3) is 0 Å². The maximum Gasteiger partial charge on any atom is 0.223 e. The molecule has 0 saturated carbocycles. The molecule has 4 rings (SSSR count). The van der Waals surface area contributed by atoms with Crippen LogP contribution in [0.15, 0.2) is 48.5 Å². The lowest BCUT2D eigenvalue weighted by Crippen LogP contribution is -2.32. The minimum atomic E-state index is 0.0723. The van der Waals surface area contributed by atoms with Crippen LogP contribution < -0.4 is 5.32 Å². The molecule has 0 fully saturated rings. The molecule has 2 aromatic carbocycles. The topological polar surface area (TPSA) is 57.8 Å². The van der Waals surface area contributed by atoms with Crippen molar-refractivity contribution >= 4 is 16.9 Å². The number of H-pyrrole nitrogens is 1. The maximum absolute atomic E-state index is 12.3. The molecule has 1 aliphatic carbocycles. The number of hydrogen-bond donors (Lipinski definition) is 2. The molecule has 0 radical (unpaired) electrons. The van der Waals surface area contributed by atoms with Gasteiger partial charge in [0.05, 0.1) is 11.0 Å². The van der Waals surface area contributed by atoms with Crippen LogP contribution in [0.3, 0.4) is 0 Å². The summed E-state index contributed by atoms with van der Waals surface area (Å²) in [6, 6.07) is 16.3. The second kappa shape index (κ2) is 5.88. The zero-order valence-corrected chi connectivity index (χ0v) is 12.9. The second-order valence-electron chi connectivity index (χ2n) is 6.12. The number of carbonyl (C=O) groups is 1. The van der Waals surface area contributed by atoms with E-state index < -0.39 is 0 Å². The molecule has 2 N–H and O–H groups in total. The summed E-state index contributed by atoms with van der Waals surface area (Å²) in [5, 5.41) is 3.05. The van der Waals surface area contributed by atoms with Crippen LogP contribution in [0.25, 0.3) is 11.0 Å². The monoisotopic (exact) mass is 305 g/mol. The first-order valence-corrected chi connectivity index (χ1v) is 8.08. The first-order valence-electron chi connectivity index (χ1n) is 8.08. The van der Waals surface area contributed by atoms with Gasteiger partial charge in [-0.25, -0.2) is 4.98 Å². The van der Waals surface area contributed by atoms with Crippen molar-refractivity contribution in [1.29, 1.82) is 0 Å². The summed E-state index contributed by atoms with van der Waals surface area (Å²) in [5.74, 6) is 1.14. The van der Waals surface area contributed by atoms with E-state index in [9.17, 15) is 4.79 Å².